The van der Waals surface area contributed by atoms with Gasteiger partial charge in [-0.15, -0.1) is 0 Å². The second-order valence-electron chi connectivity index (χ2n) is 6.30. The van der Waals surface area contributed by atoms with Crippen LogP contribution >= 0.6 is 0 Å². The van der Waals surface area contributed by atoms with Crippen molar-refractivity contribution in [3.05, 3.63) is 52.3 Å². The summed E-state index contributed by atoms with van der Waals surface area (Å²) in [5.41, 5.74) is 5.56. The van der Waals surface area contributed by atoms with Crippen LogP contribution in [0, 0.1) is 13.8 Å². The molecule has 5 heteroatoms. The average molecular weight is 334 g/mol. The molecular weight excluding hydrogens is 310 g/mol. The Bertz CT molecular complexity index is 683. The van der Waals surface area contributed by atoms with Crippen LogP contribution in [0.4, 0.5) is 0 Å². The Morgan fingerprint density at radius 1 is 1.26 bits per heavy atom. The van der Waals surface area contributed by atoms with E-state index >= 15 is 0 Å². The summed E-state index contributed by atoms with van der Waals surface area (Å²) in [6, 6.07) is 9.24. The van der Waals surface area contributed by atoms with Gasteiger partial charge in [0.15, 0.2) is 5.78 Å². The molecule has 0 atom stereocenters. The van der Waals surface area contributed by atoms with Gasteiger partial charge < -0.3 is 17.7 Å². The molecule has 0 radical (unpaired) electrons. The first-order valence-electron chi connectivity index (χ1n) is 7.99. The van der Waals surface area contributed by atoms with Crippen molar-refractivity contribution in [2.75, 3.05) is 6.54 Å². The van der Waals surface area contributed by atoms with Crippen LogP contribution in [0.2, 0.25) is 0 Å². The number of aryl methyl sites for hydroxylation is 2. The minimum atomic E-state index is 0. The van der Waals surface area contributed by atoms with Gasteiger partial charge in [-0.3, -0.25) is 9.48 Å². The molecule has 23 heavy (non-hydrogen) atoms. The van der Waals surface area contributed by atoms with E-state index in [1.165, 1.54) is 11.1 Å². The molecule has 0 unspecified atom stereocenters. The number of ketones is 1. The van der Waals surface area contributed by atoms with Crippen molar-refractivity contribution >= 4 is 5.78 Å². The summed E-state index contributed by atoms with van der Waals surface area (Å²) in [7, 11) is 1.89. The largest absolute Gasteiger partial charge is 1.00 e. The standard InChI is InChI=1S/C18H23N3O.ClH/c1-12-18(13(2)21(3)20-12)17(22)8-9-19-16-10-14-6-4-5-7-15(14)11-16;/h4-7,16,19H,8-11H2,1-3H3;1H. The molecule has 0 fully saturated rings. The molecule has 0 saturated carbocycles. The van der Waals surface area contributed by atoms with Crippen LogP contribution in [0.3, 0.4) is 0 Å². The maximum absolute atomic E-state index is 12.4. The Kier molecular flexibility index (Phi) is 5.60. The van der Waals surface area contributed by atoms with Gasteiger partial charge in [0, 0.05) is 25.6 Å². The fourth-order valence-electron chi connectivity index (χ4n) is 3.51. The van der Waals surface area contributed by atoms with E-state index in [9.17, 15) is 4.79 Å². The second-order valence-corrected chi connectivity index (χ2v) is 6.30. The Balaban J connectivity index is 0.00000192. The molecule has 1 aliphatic rings. The second kappa shape index (κ2) is 7.28. The van der Waals surface area contributed by atoms with Crippen molar-refractivity contribution < 1.29 is 22.5 Å². The highest BCUT2D eigenvalue weighted by molar-refractivity contribution is 5.98. The van der Waals surface area contributed by atoms with E-state index in [1.54, 1.807) is 4.68 Å². The van der Waals surface area contributed by atoms with Crippen molar-refractivity contribution in [3.8, 4) is 0 Å². The number of nitrogens with zero attached hydrogens (tertiary/aromatic N) is 2. The van der Waals surface area contributed by atoms with Gasteiger partial charge in [0.25, 0.3) is 0 Å². The number of hydrogen-bond acceptors (Lipinski definition) is 2. The van der Waals surface area contributed by atoms with Crippen molar-refractivity contribution in [1.82, 2.24) is 9.78 Å². The fourth-order valence-corrected chi connectivity index (χ4v) is 3.51. The molecule has 2 aromatic rings. The molecule has 0 spiro atoms. The van der Waals surface area contributed by atoms with Crippen LogP contribution in [0.15, 0.2) is 24.3 Å². The summed E-state index contributed by atoms with van der Waals surface area (Å²) in [5.74, 6) is 0.217. The maximum atomic E-state index is 12.4. The van der Waals surface area contributed by atoms with E-state index in [2.05, 4.69) is 34.7 Å². The Hall–Kier alpha value is -1.65. The lowest BCUT2D eigenvalue weighted by atomic mass is 10.1. The van der Waals surface area contributed by atoms with Gasteiger partial charge in [-0.05, 0) is 25.0 Å². The Morgan fingerprint density at radius 2 is 1.87 bits per heavy atom. The molecule has 1 heterocycles. The van der Waals surface area contributed by atoms with Gasteiger partial charge in [0.1, 0.15) is 0 Å². The van der Waals surface area contributed by atoms with Crippen molar-refractivity contribution in [2.45, 2.75) is 39.2 Å². The highest BCUT2D eigenvalue weighted by Crippen LogP contribution is 2.19. The third-order valence-corrected chi connectivity index (χ3v) is 4.74. The number of benzene rings is 1. The lowest BCUT2D eigenvalue weighted by molar-refractivity contribution is -0.686. The van der Waals surface area contributed by atoms with Crippen LogP contribution in [0.25, 0.3) is 0 Å². The van der Waals surface area contributed by atoms with E-state index in [-0.39, 0.29) is 18.2 Å². The predicted octanol–water partition coefficient (Wildman–Crippen LogP) is -1.66. The number of carbonyl (C=O) groups is 1. The number of Topliss-reactive ketones (excluding diaryl/α,β-unsaturated/α-hetero) is 1. The highest BCUT2D eigenvalue weighted by atomic mass is 35.5. The monoisotopic (exact) mass is 333 g/mol. The first-order valence-corrected chi connectivity index (χ1v) is 7.99. The smallest absolute Gasteiger partial charge is 0.172 e. The molecule has 1 aromatic carbocycles. The van der Waals surface area contributed by atoms with E-state index in [4.69, 9.17) is 0 Å². The molecule has 1 aliphatic carbocycles. The minimum Gasteiger partial charge on any atom is -1.00 e. The van der Waals surface area contributed by atoms with E-state index < -0.39 is 0 Å². The zero-order valence-corrected chi connectivity index (χ0v) is 14.7. The van der Waals surface area contributed by atoms with Crippen LogP contribution in [0.5, 0.6) is 0 Å². The summed E-state index contributed by atoms with van der Waals surface area (Å²) in [5, 5.41) is 6.66. The summed E-state index contributed by atoms with van der Waals surface area (Å²) < 4.78 is 1.79. The molecule has 1 aromatic heterocycles. The van der Waals surface area contributed by atoms with Gasteiger partial charge >= 0.3 is 0 Å². The molecule has 3 rings (SSSR count). The average Bonchev–Trinajstić information content (AvgIpc) is 3.00. The topological polar surface area (TPSA) is 51.5 Å². The number of halogens is 1. The lowest BCUT2D eigenvalue weighted by Gasteiger charge is -2.08. The number of rotatable bonds is 5. The number of hydrogen-bond donors (Lipinski definition) is 1. The first-order chi connectivity index (χ1) is 10.6. The molecule has 0 bridgehead atoms. The number of fused-ring (bicyclic) bond motifs is 1. The van der Waals surface area contributed by atoms with Crippen molar-refractivity contribution in [3.63, 3.8) is 0 Å². The van der Waals surface area contributed by atoms with Gasteiger partial charge in [-0.2, -0.15) is 5.10 Å². The molecule has 4 nitrogen and oxygen atoms in total. The summed E-state index contributed by atoms with van der Waals surface area (Å²) in [6.45, 7) is 4.73. The van der Waals surface area contributed by atoms with Crippen LogP contribution < -0.4 is 17.7 Å². The fraction of sp³-hybridized carbons (Fsp3) is 0.444. The zero-order valence-electron chi connectivity index (χ0n) is 14.0. The van der Waals surface area contributed by atoms with Crippen molar-refractivity contribution in [2.24, 2.45) is 7.05 Å². The quantitative estimate of drug-likeness (QED) is 0.666. The van der Waals surface area contributed by atoms with Gasteiger partial charge in [0.2, 0.25) is 0 Å². The molecule has 0 amide bonds. The van der Waals surface area contributed by atoms with E-state index in [0.717, 1.165) is 36.3 Å². The maximum Gasteiger partial charge on any atom is 0.172 e. The molecule has 2 N–H and O–H groups in total. The first kappa shape index (κ1) is 17.7. The number of carbonyl (C=O) groups excluding carboxylic acids is 1. The lowest BCUT2D eigenvalue weighted by Crippen LogP contribution is -3.00. The Labute approximate surface area is 143 Å². The van der Waals surface area contributed by atoms with Crippen molar-refractivity contribution in [1.29, 1.82) is 0 Å². The highest BCUT2D eigenvalue weighted by Gasteiger charge is 2.24. The van der Waals surface area contributed by atoms with Gasteiger partial charge in [-0.25, -0.2) is 0 Å². The number of quaternary nitrogens is 1. The van der Waals surface area contributed by atoms with Crippen LogP contribution in [-0.4, -0.2) is 28.2 Å². The summed E-state index contributed by atoms with van der Waals surface area (Å²) in [4.78, 5) is 12.4. The third-order valence-electron chi connectivity index (χ3n) is 4.74. The van der Waals surface area contributed by atoms with E-state index in [1.807, 2.05) is 20.9 Å². The summed E-state index contributed by atoms with van der Waals surface area (Å²) in [6.07, 6.45) is 2.82. The normalized spacial score (nSPS) is 13.7. The molecule has 124 valence electrons. The van der Waals surface area contributed by atoms with Crippen LogP contribution in [0.1, 0.15) is 39.3 Å². The Morgan fingerprint density at radius 3 is 2.39 bits per heavy atom. The number of nitrogens with two attached hydrogens (primary N) is 1. The van der Waals surface area contributed by atoms with Gasteiger partial charge in [0.05, 0.1) is 30.3 Å². The van der Waals surface area contributed by atoms with E-state index in [0.29, 0.717) is 12.5 Å². The zero-order chi connectivity index (χ0) is 15.7. The molecule has 0 aliphatic heterocycles. The van der Waals surface area contributed by atoms with Gasteiger partial charge in [-0.1, -0.05) is 24.3 Å². The number of aromatic nitrogens is 2. The summed E-state index contributed by atoms with van der Waals surface area (Å²) >= 11 is 0. The predicted molar refractivity (Wildman–Crippen MR) is 86.1 cm³/mol. The third kappa shape index (κ3) is 3.65. The molecular formula is C18H24ClN3O. The molecule has 0 saturated heterocycles. The minimum absolute atomic E-state index is 0. The SMILES string of the molecule is Cc1nn(C)c(C)c1C(=O)CC[NH2+]C1Cc2ccccc2C1.[Cl-]. The van der Waals surface area contributed by atoms with Crippen LogP contribution in [-0.2, 0) is 19.9 Å².